The molecule has 1 aromatic heterocycles. The van der Waals surface area contributed by atoms with E-state index in [1.807, 2.05) is 29.2 Å². The van der Waals surface area contributed by atoms with Gasteiger partial charge in [-0.2, -0.15) is 0 Å². The normalized spacial score (nSPS) is 18.2. The van der Waals surface area contributed by atoms with E-state index in [2.05, 4.69) is 15.6 Å². The van der Waals surface area contributed by atoms with E-state index in [1.165, 1.54) is 0 Å². The SMILES string of the molecule is NC(=O)c1cccnc1N1CCC2(CC1)Nc1ccccc1NC2=O. The van der Waals surface area contributed by atoms with Crippen molar-refractivity contribution in [1.82, 2.24) is 4.98 Å². The van der Waals surface area contributed by atoms with Gasteiger partial charge in [-0.05, 0) is 37.1 Å². The Morgan fingerprint density at radius 3 is 2.56 bits per heavy atom. The van der Waals surface area contributed by atoms with Gasteiger partial charge in [0.15, 0.2) is 0 Å². The van der Waals surface area contributed by atoms with Gasteiger partial charge < -0.3 is 21.3 Å². The van der Waals surface area contributed by atoms with Crippen molar-refractivity contribution in [3.05, 3.63) is 48.2 Å². The van der Waals surface area contributed by atoms with Crippen molar-refractivity contribution in [3.63, 3.8) is 0 Å². The van der Waals surface area contributed by atoms with Crippen LogP contribution in [0.3, 0.4) is 0 Å². The highest BCUT2D eigenvalue weighted by molar-refractivity contribution is 6.06. The van der Waals surface area contributed by atoms with E-state index in [1.54, 1.807) is 18.3 Å². The number of carbonyl (C=O) groups excluding carboxylic acids is 2. The molecular weight excluding hydrogens is 318 g/mol. The highest BCUT2D eigenvalue weighted by atomic mass is 16.2. The third kappa shape index (κ3) is 2.57. The summed E-state index contributed by atoms with van der Waals surface area (Å²) in [7, 11) is 0. The molecule has 1 fully saturated rings. The predicted molar refractivity (Wildman–Crippen MR) is 95.6 cm³/mol. The number of nitrogens with one attached hydrogen (secondary N) is 2. The maximum absolute atomic E-state index is 12.7. The number of benzene rings is 1. The van der Waals surface area contributed by atoms with Crippen LogP contribution < -0.4 is 21.3 Å². The zero-order valence-corrected chi connectivity index (χ0v) is 13.7. The first-order valence-electron chi connectivity index (χ1n) is 8.27. The molecule has 1 saturated heterocycles. The van der Waals surface area contributed by atoms with E-state index in [9.17, 15) is 9.59 Å². The van der Waals surface area contributed by atoms with Crippen LogP contribution in [-0.4, -0.2) is 35.4 Å². The summed E-state index contributed by atoms with van der Waals surface area (Å²) in [6, 6.07) is 11.1. The number of rotatable bonds is 2. The topological polar surface area (TPSA) is 100 Å². The zero-order chi connectivity index (χ0) is 17.4. The summed E-state index contributed by atoms with van der Waals surface area (Å²) in [5, 5.41) is 6.42. The monoisotopic (exact) mass is 337 g/mol. The fourth-order valence-corrected chi connectivity index (χ4v) is 3.55. The van der Waals surface area contributed by atoms with Crippen LogP contribution in [0.25, 0.3) is 0 Å². The molecule has 4 rings (SSSR count). The maximum Gasteiger partial charge on any atom is 0.252 e. The maximum atomic E-state index is 12.7. The third-order valence-electron chi connectivity index (χ3n) is 4.95. The van der Waals surface area contributed by atoms with Gasteiger partial charge in [0, 0.05) is 19.3 Å². The summed E-state index contributed by atoms with van der Waals surface area (Å²) in [5.41, 5.74) is 6.97. The van der Waals surface area contributed by atoms with Crippen LogP contribution in [0.2, 0.25) is 0 Å². The number of primary amides is 1. The van der Waals surface area contributed by atoms with Crippen LogP contribution in [-0.2, 0) is 4.79 Å². The Balaban J connectivity index is 1.56. The largest absolute Gasteiger partial charge is 0.369 e. The molecule has 2 aliphatic rings. The minimum atomic E-state index is -0.632. The molecule has 0 atom stereocenters. The van der Waals surface area contributed by atoms with Gasteiger partial charge in [0.25, 0.3) is 5.91 Å². The minimum absolute atomic E-state index is 0.0120. The molecule has 25 heavy (non-hydrogen) atoms. The molecule has 2 aromatic rings. The first-order valence-corrected chi connectivity index (χ1v) is 8.27. The van der Waals surface area contributed by atoms with Crippen LogP contribution in [0.5, 0.6) is 0 Å². The standard InChI is InChI=1S/C18H19N5O2/c19-15(24)12-4-3-9-20-16(12)23-10-7-18(8-11-23)17(25)21-13-5-1-2-6-14(13)22-18/h1-6,9,22H,7-8,10-11H2,(H2,19,24)(H,21,25). The highest BCUT2D eigenvalue weighted by Gasteiger charge is 2.44. The Labute approximate surface area is 145 Å². The molecule has 1 spiro atoms. The zero-order valence-electron chi connectivity index (χ0n) is 13.7. The number of piperidine rings is 1. The Hall–Kier alpha value is -3.09. The summed E-state index contributed by atoms with van der Waals surface area (Å²) in [4.78, 5) is 30.6. The third-order valence-corrected chi connectivity index (χ3v) is 4.95. The van der Waals surface area contributed by atoms with Crippen molar-refractivity contribution in [3.8, 4) is 0 Å². The number of nitrogens with zero attached hydrogens (tertiary/aromatic N) is 2. The van der Waals surface area contributed by atoms with E-state index < -0.39 is 11.4 Å². The minimum Gasteiger partial charge on any atom is -0.369 e. The molecule has 2 amide bonds. The van der Waals surface area contributed by atoms with E-state index >= 15 is 0 Å². The Morgan fingerprint density at radius 1 is 1.12 bits per heavy atom. The first-order chi connectivity index (χ1) is 12.1. The number of hydrogen-bond acceptors (Lipinski definition) is 5. The lowest BCUT2D eigenvalue weighted by atomic mass is 9.84. The molecular formula is C18H19N5O2. The fourth-order valence-electron chi connectivity index (χ4n) is 3.55. The number of fused-ring (bicyclic) bond motifs is 1. The summed E-state index contributed by atoms with van der Waals surface area (Å²) < 4.78 is 0. The van der Waals surface area contributed by atoms with Crippen LogP contribution in [0.4, 0.5) is 17.2 Å². The Bertz CT molecular complexity index is 843. The second-order valence-electron chi connectivity index (χ2n) is 6.43. The number of carbonyl (C=O) groups is 2. The average molecular weight is 337 g/mol. The Morgan fingerprint density at radius 2 is 1.84 bits per heavy atom. The molecule has 0 radical (unpaired) electrons. The molecule has 0 saturated carbocycles. The van der Waals surface area contributed by atoms with E-state index in [0.717, 1.165) is 11.4 Å². The summed E-state index contributed by atoms with van der Waals surface area (Å²) in [5.74, 6) is 0.0781. The van der Waals surface area contributed by atoms with Gasteiger partial charge in [0.05, 0.1) is 16.9 Å². The molecule has 3 heterocycles. The van der Waals surface area contributed by atoms with Gasteiger partial charge in [0.1, 0.15) is 11.4 Å². The number of hydrogen-bond donors (Lipinski definition) is 3. The van der Waals surface area contributed by atoms with Crippen molar-refractivity contribution in [2.75, 3.05) is 28.6 Å². The summed E-state index contributed by atoms with van der Waals surface area (Å²) >= 11 is 0. The lowest BCUT2D eigenvalue weighted by Crippen LogP contribution is -2.58. The quantitative estimate of drug-likeness (QED) is 0.772. The number of aromatic nitrogens is 1. The van der Waals surface area contributed by atoms with Gasteiger partial charge in [-0.3, -0.25) is 9.59 Å². The van der Waals surface area contributed by atoms with Crippen molar-refractivity contribution in [2.24, 2.45) is 5.73 Å². The van der Waals surface area contributed by atoms with Crippen LogP contribution in [0, 0.1) is 0 Å². The second kappa shape index (κ2) is 5.77. The smallest absolute Gasteiger partial charge is 0.252 e. The van der Waals surface area contributed by atoms with Crippen molar-refractivity contribution < 1.29 is 9.59 Å². The molecule has 7 heteroatoms. The molecule has 1 aromatic carbocycles. The molecule has 0 bridgehead atoms. The number of nitrogens with two attached hydrogens (primary N) is 1. The highest BCUT2D eigenvalue weighted by Crippen LogP contribution is 2.37. The summed E-state index contributed by atoms with van der Waals surface area (Å²) in [6.07, 6.45) is 2.87. The van der Waals surface area contributed by atoms with Gasteiger partial charge in [-0.15, -0.1) is 0 Å². The first kappa shape index (κ1) is 15.4. The van der Waals surface area contributed by atoms with E-state index in [-0.39, 0.29) is 5.91 Å². The van der Waals surface area contributed by atoms with Gasteiger partial charge in [-0.1, -0.05) is 12.1 Å². The van der Waals surface area contributed by atoms with Gasteiger partial charge >= 0.3 is 0 Å². The van der Waals surface area contributed by atoms with Crippen LogP contribution in [0.15, 0.2) is 42.6 Å². The van der Waals surface area contributed by atoms with Crippen LogP contribution in [0.1, 0.15) is 23.2 Å². The van der Waals surface area contributed by atoms with Gasteiger partial charge in [0.2, 0.25) is 5.91 Å². The van der Waals surface area contributed by atoms with Gasteiger partial charge in [-0.25, -0.2) is 4.98 Å². The number of para-hydroxylation sites is 2. The molecule has 128 valence electrons. The van der Waals surface area contributed by atoms with Crippen molar-refractivity contribution in [1.29, 1.82) is 0 Å². The van der Waals surface area contributed by atoms with E-state index in [0.29, 0.717) is 37.3 Å². The number of anilines is 3. The fraction of sp³-hybridized carbons (Fsp3) is 0.278. The molecule has 2 aliphatic heterocycles. The lowest BCUT2D eigenvalue weighted by molar-refractivity contribution is -0.121. The predicted octanol–water partition coefficient (Wildman–Crippen LogP) is 1.58. The lowest BCUT2D eigenvalue weighted by Gasteiger charge is -2.44. The summed E-state index contributed by atoms with van der Waals surface area (Å²) in [6.45, 7) is 1.22. The molecule has 0 unspecified atom stereocenters. The molecule has 7 nitrogen and oxygen atoms in total. The second-order valence-corrected chi connectivity index (χ2v) is 6.43. The Kier molecular flexibility index (Phi) is 3.56. The average Bonchev–Trinajstić information content (AvgIpc) is 2.63. The molecule has 4 N–H and O–H groups in total. The van der Waals surface area contributed by atoms with Crippen molar-refractivity contribution in [2.45, 2.75) is 18.4 Å². The van der Waals surface area contributed by atoms with Crippen molar-refractivity contribution >= 4 is 29.0 Å². The van der Waals surface area contributed by atoms with E-state index in [4.69, 9.17) is 5.73 Å². The number of amides is 2. The van der Waals surface area contributed by atoms with Crippen LogP contribution >= 0.6 is 0 Å². The molecule has 0 aliphatic carbocycles. The number of pyridine rings is 1.